The van der Waals surface area contributed by atoms with Crippen molar-refractivity contribution < 1.29 is 28.5 Å². The molecule has 3 aromatic carbocycles. The molecule has 0 N–H and O–H groups in total. The van der Waals surface area contributed by atoms with Crippen LogP contribution in [0.1, 0.15) is 17.3 Å². The van der Waals surface area contributed by atoms with E-state index < -0.39 is 5.97 Å². The number of esters is 1. The molecule has 0 amide bonds. The van der Waals surface area contributed by atoms with Gasteiger partial charge in [-0.1, -0.05) is 0 Å². The zero-order chi connectivity index (χ0) is 24.9. The lowest BCUT2D eigenvalue weighted by Gasteiger charge is -2.15. The number of carbonyl (C=O) groups is 1. The standard InChI is InChI=1S/C27H25NO7/c1-5-34-19-10-12-20(13-11-19)35-27(30)23-16-28(17-6-8-18(31-2)9-7-17)26(29)22-15-25(33-4)24(32-3)14-21(22)23/h6-16H,5H2,1-4H3. The number of nitrogens with zero attached hydrogens (tertiary/aromatic N) is 1. The molecule has 0 aliphatic rings. The average molecular weight is 475 g/mol. The molecule has 4 aromatic rings. The lowest BCUT2D eigenvalue weighted by molar-refractivity contribution is 0.0736. The molecule has 4 rings (SSSR count). The summed E-state index contributed by atoms with van der Waals surface area (Å²) in [7, 11) is 4.53. The lowest BCUT2D eigenvalue weighted by Crippen LogP contribution is -2.22. The number of hydrogen-bond acceptors (Lipinski definition) is 7. The highest BCUT2D eigenvalue weighted by Gasteiger charge is 2.20. The Morgan fingerprint density at radius 1 is 0.771 bits per heavy atom. The van der Waals surface area contributed by atoms with Crippen molar-refractivity contribution in [2.45, 2.75) is 6.92 Å². The van der Waals surface area contributed by atoms with Crippen molar-refractivity contribution in [3.8, 4) is 34.4 Å². The van der Waals surface area contributed by atoms with Gasteiger partial charge >= 0.3 is 5.97 Å². The molecule has 0 aliphatic carbocycles. The molecule has 0 saturated carbocycles. The highest BCUT2D eigenvalue weighted by Crippen LogP contribution is 2.33. The SMILES string of the molecule is CCOc1ccc(OC(=O)c2cn(-c3ccc(OC)cc3)c(=O)c3cc(OC)c(OC)cc23)cc1. The first-order chi connectivity index (χ1) is 17.0. The molecule has 0 aliphatic heterocycles. The van der Waals surface area contributed by atoms with Crippen LogP contribution < -0.4 is 29.2 Å². The molecular weight excluding hydrogens is 450 g/mol. The van der Waals surface area contributed by atoms with E-state index in [9.17, 15) is 9.59 Å². The van der Waals surface area contributed by atoms with Crippen LogP contribution in [0.4, 0.5) is 0 Å². The van der Waals surface area contributed by atoms with Crippen molar-refractivity contribution in [3.05, 3.63) is 82.8 Å². The number of ether oxygens (including phenoxy) is 5. The number of rotatable bonds is 8. The maximum Gasteiger partial charge on any atom is 0.345 e. The summed E-state index contributed by atoms with van der Waals surface area (Å²) in [4.78, 5) is 26.8. The quantitative estimate of drug-likeness (QED) is 0.271. The molecule has 0 saturated heterocycles. The van der Waals surface area contributed by atoms with Crippen LogP contribution >= 0.6 is 0 Å². The minimum Gasteiger partial charge on any atom is -0.497 e. The van der Waals surface area contributed by atoms with Gasteiger partial charge in [0.05, 0.1) is 38.9 Å². The summed E-state index contributed by atoms with van der Waals surface area (Å²) < 4.78 is 28.5. The molecule has 0 unspecified atom stereocenters. The Balaban J connectivity index is 1.86. The summed E-state index contributed by atoms with van der Waals surface area (Å²) in [5.41, 5.74) is 0.414. The second-order valence-electron chi connectivity index (χ2n) is 7.46. The van der Waals surface area contributed by atoms with Gasteiger partial charge in [0.2, 0.25) is 0 Å². The molecule has 180 valence electrons. The predicted molar refractivity (Wildman–Crippen MR) is 132 cm³/mol. The highest BCUT2D eigenvalue weighted by molar-refractivity contribution is 6.05. The highest BCUT2D eigenvalue weighted by atomic mass is 16.5. The number of hydrogen-bond donors (Lipinski definition) is 0. The third kappa shape index (κ3) is 4.77. The van der Waals surface area contributed by atoms with Gasteiger partial charge in [-0.25, -0.2) is 4.79 Å². The maximum absolute atomic E-state index is 13.5. The monoisotopic (exact) mass is 475 g/mol. The van der Waals surface area contributed by atoms with Crippen molar-refractivity contribution >= 4 is 16.7 Å². The number of pyridine rings is 1. The number of aromatic nitrogens is 1. The second kappa shape index (κ2) is 10.2. The van der Waals surface area contributed by atoms with Crippen LogP contribution in [0.5, 0.6) is 28.7 Å². The van der Waals surface area contributed by atoms with E-state index in [0.29, 0.717) is 46.4 Å². The summed E-state index contributed by atoms with van der Waals surface area (Å²) in [6.45, 7) is 2.42. The van der Waals surface area contributed by atoms with E-state index in [2.05, 4.69) is 0 Å². The summed E-state index contributed by atoms with van der Waals surface area (Å²) in [6, 6.07) is 16.8. The zero-order valence-electron chi connectivity index (χ0n) is 19.9. The third-order valence-electron chi connectivity index (χ3n) is 5.44. The van der Waals surface area contributed by atoms with Gasteiger partial charge in [-0.15, -0.1) is 0 Å². The summed E-state index contributed by atoms with van der Waals surface area (Å²) in [5.74, 6) is 1.78. The van der Waals surface area contributed by atoms with E-state index >= 15 is 0 Å². The molecule has 1 heterocycles. The van der Waals surface area contributed by atoms with Gasteiger partial charge in [0.1, 0.15) is 17.2 Å². The number of carbonyl (C=O) groups excluding carboxylic acids is 1. The summed E-state index contributed by atoms with van der Waals surface area (Å²) in [6.07, 6.45) is 1.47. The molecule has 8 nitrogen and oxygen atoms in total. The van der Waals surface area contributed by atoms with Crippen molar-refractivity contribution in [1.82, 2.24) is 4.57 Å². The molecule has 8 heteroatoms. The minimum atomic E-state index is -0.631. The maximum atomic E-state index is 13.5. The molecule has 0 spiro atoms. The number of methoxy groups -OCH3 is 3. The van der Waals surface area contributed by atoms with Crippen LogP contribution in [0.25, 0.3) is 16.5 Å². The van der Waals surface area contributed by atoms with Crippen molar-refractivity contribution in [1.29, 1.82) is 0 Å². The molecule has 0 radical (unpaired) electrons. The molecule has 0 fully saturated rings. The first-order valence-electron chi connectivity index (χ1n) is 10.9. The van der Waals surface area contributed by atoms with Gasteiger partial charge < -0.3 is 23.7 Å². The predicted octanol–water partition coefficient (Wildman–Crippen LogP) is 4.63. The Hall–Kier alpha value is -4.46. The number of benzene rings is 3. The van der Waals surface area contributed by atoms with Gasteiger partial charge in [0.25, 0.3) is 5.56 Å². The average Bonchev–Trinajstić information content (AvgIpc) is 2.89. The van der Waals surface area contributed by atoms with E-state index in [1.807, 2.05) is 6.92 Å². The van der Waals surface area contributed by atoms with E-state index in [4.69, 9.17) is 23.7 Å². The van der Waals surface area contributed by atoms with E-state index in [0.717, 1.165) is 0 Å². The van der Waals surface area contributed by atoms with Crippen LogP contribution in [0.2, 0.25) is 0 Å². The van der Waals surface area contributed by atoms with Crippen LogP contribution in [0.3, 0.4) is 0 Å². The Morgan fingerprint density at radius 3 is 1.91 bits per heavy atom. The van der Waals surface area contributed by atoms with E-state index in [-0.39, 0.29) is 16.5 Å². The second-order valence-corrected chi connectivity index (χ2v) is 7.46. The fourth-order valence-corrected chi connectivity index (χ4v) is 3.70. The third-order valence-corrected chi connectivity index (χ3v) is 5.44. The van der Waals surface area contributed by atoms with Crippen molar-refractivity contribution in [3.63, 3.8) is 0 Å². The van der Waals surface area contributed by atoms with Crippen molar-refractivity contribution in [2.75, 3.05) is 27.9 Å². The first-order valence-corrected chi connectivity index (χ1v) is 10.9. The molecular formula is C27H25NO7. The van der Waals surface area contributed by atoms with Gasteiger partial charge in [0.15, 0.2) is 11.5 Å². The zero-order valence-corrected chi connectivity index (χ0v) is 19.9. The Kier molecular flexibility index (Phi) is 6.91. The minimum absolute atomic E-state index is 0.185. The normalized spacial score (nSPS) is 10.6. The largest absolute Gasteiger partial charge is 0.497 e. The van der Waals surface area contributed by atoms with Gasteiger partial charge in [-0.2, -0.15) is 0 Å². The van der Waals surface area contributed by atoms with Crippen LogP contribution in [0, 0.1) is 0 Å². The molecule has 1 aromatic heterocycles. The fourth-order valence-electron chi connectivity index (χ4n) is 3.70. The van der Waals surface area contributed by atoms with Crippen LogP contribution in [0.15, 0.2) is 71.7 Å². The Bertz CT molecular complexity index is 1410. The van der Waals surface area contributed by atoms with Gasteiger partial charge in [-0.05, 0) is 67.6 Å². The summed E-state index contributed by atoms with van der Waals surface area (Å²) in [5, 5.41) is 0.660. The molecule has 0 atom stereocenters. The van der Waals surface area contributed by atoms with Gasteiger partial charge in [-0.3, -0.25) is 9.36 Å². The fraction of sp³-hybridized carbons (Fsp3) is 0.185. The topological polar surface area (TPSA) is 85.2 Å². The summed E-state index contributed by atoms with van der Waals surface area (Å²) >= 11 is 0. The van der Waals surface area contributed by atoms with Crippen LogP contribution in [-0.2, 0) is 0 Å². The van der Waals surface area contributed by atoms with Crippen LogP contribution in [-0.4, -0.2) is 38.5 Å². The molecule has 35 heavy (non-hydrogen) atoms. The Labute approximate surface area is 202 Å². The van der Waals surface area contributed by atoms with Gasteiger partial charge in [0, 0.05) is 17.3 Å². The number of fused-ring (bicyclic) bond motifs is 1. The smallest absolute Gasteiger partial charge is 0.345 e. The Morgan fingerprint density at radius 2 is 1.34 bits per heavy atom. The lowest BCUT2D eigenvalue weighted by atomic mass is 10.1. The van der Waals surface area contributed by atoms with E-state index in [1.54, 1.807) is 67.8 Å². The first kappa shape index (κ1) is 23.7. The molecule has 0 bridgehead atoms. The van der Waals surface area contributed by atoms with E-state index in [1.165, 1.54) is 25.0 Å². The van der Waals surface area contributed by atoms with Crippen molar-refractivity contribution in [2.24, 2.45) is 0 Å².